The van der Waals surface area contributed by atoms with E-state index >= 15 is 0 Å². The number of rotatable bonds is 2. The van der Waals surface area contributed by atoms with E-state index in [4.69, 9.17) is 10.3 Å². The van der Waals surface area contributed by atoms with Crippen molar-refractivity contribution >= 4 is 19.7 Å². The number of hydrazone groups is 1. The summed E-state index contributed by atoms with van der Waals surface area (Å²) in [5, 5.41) is 4.48. The van der Waals surface area contributed by atoms with Crippen LogP contribution < -0.4 is 11.2 Å². The van der Waals surface area contributed by atoms with Gasteiger partial charge in [0, 0.05) is 0 Å². The van der Waals surface area contributed by atoms with Gasteiger partial charge in [0.05, 0.1) is 11.6 Å². The maximum absolute atomic E-state index is 5.52. The molecule has 4 heteroatoms. The number of hydrogen-bond donors (Lipinski definition) is 1. The molecule has 0 aromatic carbocycles. The van der Waals surface area contributed by atoms with Gasteiger partial charge < -0.3 is 10.3 Å². The van der Waals surface area contributed by atoms with Crippen LogP contribution in [-0.2, 0) is 0 Å². The van der Waals surface area contributed by atoms with Gasteiger partial charge in [0.15, 0.2) is 0 Å². The minimum atomic E-state index is -1.31. The highest BCUT2D eigenvalue weighted by Crippen LogP contribution is 2.04. The summed E-state index contributed by atoms with van der Waals surface area (Å²) in [6.07, 6.45) is 1.52. The minimum Gasteiger partial charge on any atom is -0.465 e. The van der Waals surface area contributed by atoms with Gasteiger partial charge in [-0.3, -0.25) is 0 Å². The molecule has 0 saturated heterocycles. The van der Waals surface area contributed by atoms with Crippen LogP contribution in [0.3, 0.4) is 0 Å². The Morgan fingerprint density at radius 2 is 2.08 bits per heavy atom. The van der Waals surface area contributed by atoms with E-state index in [9.17, 15) is 0 Å². The summed E-state index contributed by atoms with van der Waals surface area (Å²) >= 11 is 0. The number of nitrogens with two attached hydrogens (primary N) is 1. The van der Waals surface area contributed by atoms with Gasteiger partial charge in [-0.1, -0.05) is 19.6 Å². The summed E-state index contributed by atoms with van der Waals surface area (Å²) in [6, 6.07) is 3.90. The maximum Gasteiger partial charge on any atom is 0.146 e. The molecule has 0 radical (unpaired) electrons. The van der Waals surface area contributed by atoms with E-state index in [1.807, 2.05) is 12.1 Å². The molecule has 0 aliphatic carbocycles. The Morgan fingerprint density at radius 3 is 2.50 bits per heavy atom. The molecule has 0 aliphatic heterocycles. The maximum atomic E-state index is 5.52. The molecule has 0 bridgehead atoms. The van der Waals surface area contributed by atoms with Crippen molar-refractivity contribution in [2.45, 2.75) is 19.6 Å². The first-order chi connectivity index (χ1) is 5.54. The van der Waals surface area contributed by atoms with Crippen LogP contribution in [0.4, 0.5) is 0 Å². The fraction of sp³-hybridized carbons (Fsp3) is 0.375. The summed E-state index contributed by atoms with van der Waals surface area (Å²) in [4.78, 5) is 0. The van der Waals surface area contributed by atoms with E-state index in [1.54, 1.807) is 0 Å². The van der Waals surface area contributed by atoms with Crippen LogP contribution in [-0.4, -0.2) is 14.3 Å². The fourth-order valence-electron chi connectivity index (χ4n) is 0.899. The molecule has 0 saturated carbocycles. The molecular formula is C8H14N2OSi. The molecule has 0 atom stereocenters. The van der Waals surface area contributed by atoms with Crippen LogP contribution >= 0.6 is 0 Å². The second kappa shape index (κ2) is 3.14. The van der Waals surface area contributed by atoms with Gasteiger partial charge >= 0.3 is 0 Å². The summed E-state index contributed by atoms with van der Waals surface area (Å²) in [7, 11) is -1.31. The lowest BCUT2D eigenvalue weighted by atomic mass is 10.5. The topological polar surface area (TPSA) is 51.5 Å². The molecule has 1 aromatic heterocycles. The summed E-state index contributed by atoms with van der Waals surface area (Å²) in [6.45, 7) is 6.69. The first-order valence-electron chi connectivity index (χ1n) is 3.87. The first-order valence-corrected chi connectivity index (χ1v) is 7.37. The number of nitrogens with zero attached hydrogens (tertiary/aromatic N) is 1. The van der Waals surface area contributed by atoms with Gasteiger partial charge in [0.2, 0.25) is 0 Å². The second-order valence-corrected chi connectivity index (χ2v) is 8.72. The highest BCUT2D eigenvalue weighted by Gasteiger charge is 2.20. The van der Waals surface area contributed by atoms with E-state index in [2.05, 4.69) is 24.7 Å². The molecule has 0 aliphatic rings. The molecular weight excluding hydrogens is 168 g/mol. The van der Waals surface area contributed by atoms with Crippen molar-refractivity contribution in [1.82, 2.24) is 0 Å². The zero-order chi connectivity index (χ0) is 9.19. The third kappa shape index (κ3) is 1.98. The van der Waals surface area contributed by atoms with Crippen LogP contribution in [0.25, 0.3) is 0 Å². The molecule has 0 fully saturated rings. The number of hydrogen-bond acceptors (Lipinski definition) is 3. The van der Waals surface area contributed by atoms with Crippen LogP contribution in [0.15, 0.2) is 21.7 Å². The monoisotopic (exact) mass is 182 g/mol. The van der Waals surface area contributed by atoms with Crippen LogP contribution in [0.2, 0.25) is 19.6 Å². The Kier molecular flexibility index (Phi) is 2.37. The normalized spacial score (nSPS) is 12.6. The van der Waals surface area contributed by atoms with Gasteiger partial charge in [0.25, 0.3) is 0 Å². The molecule has 0 unspecified atom stereocenters. The quantitative estimate of drug-likeness (QED) is 0.322. The van der Waals surface area contributed by atoms with Crippen LogP contribution in [0.5, 0.6) is 0 Å². The van der Waals surface area contributed by atoms with Gasteiger partial charge in [-0.15, -0.1) is 0 Å². The lowest BCUT2D eigenvalue weighted by molar-refractivity contribution is 0.589. The van der Waals surface area contributed by atoms with Crippen LogP contribution in [0, 0.1) is 0 Å². The molecule has 0 amide bonds. The van der Waals surface area contributed by atoms with Crippen molar-refractivity contribution in [3.63, 3.8) is 0 Å². The Labute approximate surface area is 73.3 Å². The Hall–Kier alpha value is -1.03. The number of furan rings is 1. The standard InChI is InChI=1S/C8H14N2OSi/c1-12(2,3)8-5-4-7(11-8)6-10-9/h4-6H,9H2,1-3H3. The summed E-state index contributed by atoms with van der Waals surface area (Å²) in [5.41, 5.74) is 0. The predicted molar refractivity (Wildman–Crippen MR) is 53.5 cm³/mol. The Bertz CT molecular complexity index is 285. The Morgan fingerprint density at radius 1 is 1.42 bits per heavy atom. The van der Waals surface area contributed by atoms with Gasteiger partial charge in [-0.05, 0) is 12.1 Å². The molecule has 0 spiro atoms. The zero-order valence-electron chi connectivity index (χ0n) is 7.66. The summed E-state index contributed by atoms with van der Waals surface area (Å²) in [5.74, 6) is 5.73. The van der Waals surface area contributed by atoms with E-state index in [-0.39, 0.29) is 0 Å². The molecule has 1 rings (SSSR count). The van der Waals surface area contributed by atoms with Gasteiger partial charge in [0.1, 0.15) is 13.8 Å². The lowest BCUT2D eigenvalue weighted by Gasteiger charge is -2.10. The van der Waals surface area contributed by atoms with Crippen molar-refractivity contribution in [2.24, 2.45) is 10.9 Å². The predicted octanol–water partition coefficient (Wildman–Crippen LogP) is 1.12. The van der Waals surface area contributed by atoms with Crippen molar-refractivity contribution in [3.8, 4) is 0 Å². The van der Waals surface area contributed by atoms with E-state index < -0.39 is 8.07 Å². The van der Waals surface area contributed by atoms with E-state index in [1.165, 1.54) is 6.21 Å². The average Bonchev–Trinajstić information content (AvgIpc) is 2.35. The van der Waals surface area contributed by atoms with E-state index in [0.29, 0.717) is 0 Å². The molecule has 66 valence electrons. The first kappa shape index (κ1) is 9.06. The zero-order valence-corrected chi connectivity index (χ0v) is 8.66. The third-order valence-corrected chi connectivity index (χ3v) is 3.31. The SMILES string of the molecule is C[Si](C)(C)c1ccc(C=NN)o1. The van der Waals surface area contributed by atoms with Crippen molar-refractivity contribution in [1.29, 1.82) is 0 Å². The Balaban J connectivity index is 2.92. The highest BCUT2D eigenvalue weighted by molar-refractivity contribution is 6.87. The lowest BCUT2D eigenvalue weighted by Crippen LogP contribution is -2.36. The third-order valence-electron chi connectivity index (χ3n) is 1.57. The summed E-state index contributed by atoms with van der Waals surface area (Å²) < 4.78 is 5.52. The fourth-order valence-corrected chi connectivity index (χ4v) is 1.91. The molecule has 12 heavy (non-hydrogen) atoms. The average molecular weight is 182 g/mol. The smallest absolute Gasteiger partial charge is 0.146 e. The van der Waals surface area contributed by atoms with Crippen molar-refractivity contribution in [3.05, 3.63) is 17.9 Å². The van der Waals surface area contributed by atoms with Crippen LogP contribution in [0.1, 0.15) is 5.76 Å². The molecule has 1 aromatic rings. The largest absolute Gasteiger partial charge is 0.465 e. The second-order valence-electron chi connectivity index (χ2n) is 3.73. The van der Waals surface area contributed by atoms with Crippen molar-refractivity contribution < 1.29 is 4.42 Å². The van der Waals surface area contributed by atoms with E-state index in [0.717, 1.165) is 11.1 Å². The minimum absolute atomic E-state index is 0.731. The van der Waals surface area contributed by atoms with Crippen molar-refractivity contribution in [2.75, 3.05) is 0 Å². The van der Waals surface area contributed by atoms with Gasteiger partial charge in [-0.2, -0.15) is 5.10 Å². The molecule has 2 N–H and O–H groups in total. The molecule has 1 heterocycles. The molecule has 3 nitrogen and oxygen atoms in total. The van der Waals surface area contributed by atoms with Gasteiger partial charge in [-0.25, -0.2) is 0 Å². The highest BCUT2D eigenvalue weighted by atomic mass is 28.3.